The van der Waals surface area contributed by atoms with Crippen molar-refractivity contribution in [3.05, 3.63) is 34.2 Å². The van der Waals surface area contributed by atoms with Crippen LogP contribution in [0.3, 0.4) is 0 Å². The van der Waals surface area contributed by atoms with Gasteiger partial charge in [0.2, 0.25) is 0 Å². The van der Waals surface area contributed by atoms with Crippen molar-refractivity contribution in [3.8, 4) is 0 Å². The van der Waals surface area contributed by atoms with Gasteiger partial charge in [-0.15, -0.1) is 0 Å². The molecular formula is C13H18N2O4. The second kappa shape index (κ2) is 5.26. The van der Waals surface area contributed by atoms with Crippen molar-refractivity contribution in [2.75, 3.05) is 6.54 Å². The van der Waals surface area contributed by atoms with Crippen molar-refractivity contribution in [2.45, 2.75) is 26.3 Å². The van der Waals surface area contributed by atoms with Crippen LogP contribution in [0.4, 0.5) is 0 Å². The molecule has 1 N–H and O–H groups in total. The van der Waals surface area contributed by atoms with Crippen LogP contribution in [0.25, 0.3) is 0 Å². The fourth-order valence-corrected chi connectivity index (χ4v) is 1.75. The third kappa shape index (κ3) is 2.83. The molecular weight excluding hydrogens is 248 g/mol. The molecule has 0 aliphatic carbocycles. The molecule has 1 aromatic heterocycles. The molecule has 0 radical (unpaired) electrons. The molecule has 19 heavy (non-hydrogen) atoms. The van der Waals surface area contributed by atoms with Crippen LogP contribution in [0.5, 0.6) is 0 Å². The van der Waals surface area contributed by atoms with E-state index in [1.807, 2.05) is 0 Å². The van der Waals surface area contributed by atoms with Gasteiger partial charge in [-0.2, -0.15) is 0 Å². The van der Waals surface area contributed by atoms with Crippen molar-refractivity contribution in [3.63, 3.8) is 0 Å². The number of aryl methyl sites for hydroxylation is 1. The molecule has 0 saturated heterocycles. The highest BCUT2D eigenvalue weighted by Crippen LogP contribution is 2.17. The standard InChI is InChI=1S/C13H18N2O4/c1-5-15(13(2,3)12(18)19)11(17)9-6-7-14(4)10(16)8-9/h6-8H,5H2,1-4H3,(H,18,19). The van der Waals surface area contributed by atoms with Crippen molar-refractivity contribution < 1.29 is 14.7 Å². The number of carbonyl (C=O) groups is 2. The van der Waals surface area contributed by atoms with Gasteiger partial charge >= 0.3 is 5.97 Å². The second-order valence-corrected chi connectivity index (χ2v) is 4.78. The molecule has 1 heterocycles. The SMILES string of the molecule is CCN(C(=O)c1ccn(C)c(=O)c1)C(C)(C)C(=O)O. The molecule has 0 saturated carbocycles. The smallest absolute Gasteiger partial charge is 0.329 e. The van der Waals surface area contributed by atoms with E-state index in [1.165, 1.54) is 41.6 Å². The van der Waals surface area contributed by atoms with Gasteiger partial charge in [0.25, 0.3) is 11.5 Å². The summed E-state index contributed by atoms with van der Waals surface area (Å²) in [5.41, 5.74) is -1.44. The van der Waals surface area contributed by atoms with E-state index in [2.05, 4.69) is 0 Å². The second-order valence-electron chi connectivity index (χ2n) is 4.78. The van der Waals surface area contributed by atoms with E-state index in [0.29, 0.717) is 0 Å². The Balaban J connectivity index is 3.19. The van der Waals surface area contributed by atoms with Gasteiger partial charge in [-0.1, -0.05) is 0 Å². The van der Waals surface area contributed by atoms with Crippen molar-refractivity contribution >= 4 is 11.9 Å². The van der Waals surface area contributed by atoms with Crippen molar-refractivity contribution in [2.24, 2.45) is 7.05 Å². The Morgan fingerprint density at radius 3 is 2.42 bits per heavy atom. The lowest BCUT2D eigenvalue weighted by atomic mass is 10.0. The highest BCUT2D eigenvalue weighted by Gasteiger charge is 2.37. The Kier molecular flexibility index (Phi) is 4.14. The summed E-state index contributed by atoms with van der Waals surface area (Å²) in [6, 6.07) is 2.72. The Hall–Kier alpha value is -2.11. The van der Waals surface area contributed by atoms with E-state index >= 15 is 0 Å². The predicted octanol–water partition coefficient (Wildman–Crippen LogP) is 0.711. The van der Waals surface area contributed by atoms with Crippen LogP contribution in [0.2, 0.25) is 0 Å². The highest BCUT2D eigenvalue weighted by molar-refractivity contribution is 5.97. The molecule has 0 aromatic carbocycles. The number of hydrogen-bond donors (Lipinski definition) is 1. The molecule has 1 rings (SSSR count). The Labute approximate surface area is 111 Å². The number of carbonyl (C=O) groups excluding carboxylic acids is 1. The van der Waals surface area contributed by atoms with Gasteiger partial charge in [0, 0.05) is 31.4 Å². The monoisotopic (exact) mass is 266 g/mol. The molecule has 0 spiro atoms. The summed E-state index contributed by atoms with van der Waals surface area (Å²) >= 11 is 0. The Morgan fingerprint density at radius 2 is 2.00 bits per heavy atom. The third-order valence-corrected chi connectivity index (χ3v) is 3.11. The first kappa shape index (κ1) is 14.9. The average Bonchev–Trinajstić information content (AvgIpc) is 2.32. The summed E-state index contributed by atoms with van der Waals surface area (Å²) in [4.78, 5) is 36.3. The molecule has 0 aliphatic heterocycles. The summed E-state index contributed by atoms with van der Waals surface area (Å²) in [6.07, 6.45) is 1.48. The number of aliphatic carboxylic acids is 1. The normalized spacial score (nSPS) is 11.2. The third-order valence-electron chi connectivity index (χ3n) is 3.11. The van der Waals surface area contributed by atoms with Crippen LogP contribution in [0.1, 0.15) is 31.1 Å². The van der Waals surface area contributed by atoms with Gasteiger partial charge in [-0.3, -0.25) is 9.59 Å². The average molecular weight is 266 g/mol. The number of carboxylic acids is 1. The lowest BCUT2D eigenvalue weighted by molar-refractivity contribution is -0.147. The van der Waals surface area contributed by atoms with E-state index in [1.54, 1.807) is 14.0 Å². The van der Waals surface area contributed by atoms with Gasteiger partial charge in [0.15, 0.2) is 0 Å². The first-order valence-electron chi connectivity index (χ1n) is 5.93. The number of hydrogen-bond acceptors (Lipinski definition) is 3. The maximum Gasteiger partial charge on any atom is 0.329 e. The fraction of sp³-hybridized carbons (Fsp3) is 0.462. The quantitative estimate of drug-likeness (QED) is 0.870. The van der Waals surface area contributed by atoms with Gasteiger partial charge in [-0.05, 0) is 26.8 Å². The summed E-state index contributed by atoms with van der Waals surface area (Å²) in [6.45, 7) is 4.85. The van der Waals surface area contributed by atoms with Crippen LogP contribution in [-0.4, -0.2) is 38.5 Å². The molecule has 1 amide bonds. The lowest BCUT2D eigenvalue weighted by Gasteiger charge is -2.34. The van der Waals surface area contributed by atoms with Crippen LogP contribution >= 0.6 is 0 Å². The molecule has 6 heteroatoms. The van der Waals surface area contributed by atoms with Crippen LogP contribution in [0.15, 0.2) is 23.1 Å². The lowest BCUT2D eigenvalue weighted by Crippen LogP contribution is -2.53. The van der Waals surface area contributed by atoms with Crippen LogP contribution < -0.4 is 5.56 Å². The van der Waals surface area contributed by atoms with E-state index in [0.717, 1.165) is 0 Å². The number of nitrogens with zero attached hydrogens (tertiary/aromatic N) is 2. The number of amides is 1. The van der Waals surface area contributed by atoms with Gasteiger partial charge in [0.1, 0.15) is 5.54 Å². The molecule has 0 atom stereocenters. The molecule has 0 aliphatic rings. The molecule has 104 valence electrons. The van der Waals surface area contributed by atoms with Crippen molar-refractivity contribution in [1.82, 2.24) is 9.47 Å². The number of aromatic nitrogens is 1. The van der Waals surface area contributed by atoms with Crippen LogP contribution in [-0.2, 0) is 11.8 Å². The zero-order valence-corrected chi connectivity index (χ0v) is 11.5. The molecule has 6 nitrogen and oxygen atoms in total. The summed E-state index contributed by atoms with van der Waals surface area (Å²) in [7, 11) is 1.58. The molecule has 0 bridgehead atoms. The first-order valence-corrected chi connectivity index (χ1v) is 5.93. The zero-order valence-electron chi connectivity index (χ0n) is 11.5. The molecule has 1 aromatic rings. The molecule has 0 fully saturated rings. The maximum atomic E-state index is 12.3. The highest BCUT2D eigenvalue weighted by atomic mass is 16.4. The van der Waals surface area contributed by atoms with Crippen LogP contribution in [0, 0.1) is 0 Å². The zero-order chi connectivity index (χ0) is 14.8. The predicted molar refractivity (Wildman–Crippen MR) is 70.1 cm³/mol. The van der Waals surface area contributed by atoms with Gasteiger partial charge < -0.3 is 14.6 Å². The minimum Gasteiger partial charge on any atom is -0.480 e. The van der Waals surface area contributed by atoms with Crippen molar-refractivity contribution in [1.29, 1.82) is 0 Å². The number of likely N-dealkylation sites (N-methyl/N-ethyl adjacent to an activating group) is 1. The Bertz CT molecular complexity index is 560. The minimum absolute atomic E-state index is 0.194. The maximum absolute atomic E-state index is 12.3. The van der Waals surface area contributed by atoms with E-state index in [4.69, 9.17) is 0 Å². The minimum atomic E-state index is -1.33. The largest absolute Gasteiger partial charge is 0.480 e. The first-order chi connectivity index (χ1) is 8.71. The summed E-state index contributed by atoms with van der Waals surface area (Å²) in [5.74, 6) is -1.56. The topological polar surface area (TPSA) is 79.6 Å². The Morgan fingerprint density at radius 1 is 1.42 bits per heavy atom. The number of pyridine rings is 1. The number of rotatable bonds is 4. The number of carboxylic acid groups (broad SMARTS) is 1. The van der Waals surface area contributed by atoms with E-state index in [9.17, 15) is 19.5 Å². The van der Waals surface area contributed by atoms with E-state index < -0.39 is 17.4 Å². The van der Waals surface area contributed by atoms with E-state index in [-0.39, 0.29) is 17.7 Å². The van der Waals surface area contributed by atoms with Gasteiger partial charge in [-0.25, -0.2) is 4.79 Å². The van der Waals surface area contributed by atoms with Gasteiger partial charge in [0.05, 0.1) is 0 Å². The summed E-state index contributed by atoms with van der Waals surface area (Å²) in [5, 5.41) is 9.18. The summed E-state index contributed by atoms with van der Waals surface area (Å²) < 4.78 is 1.34. The molecule has 0 unspecified atom stereocenters. The fourth-order valence-electron chi connectivity index (χ4n) is 1.75.